The molecule has 244 valence electrons. The van der Waals surface area contributed by atoms with Crippen molar-refractivity contribution in [2.45, 2.75) is 66.4 Å². The molecule has 0 aromatic heterocycles. The Morgan fingerprint density at radius 3 is 1.77 bits per heavy atom. The number of hydrogen-bond acceptors (Lipinski definition) is 10. The molecule has 4 rings (SSSR count). The summed E-state index contributed by atoms with van der Waals surface area (Å²) in [5, 5.41) is 43.6. The van der Waals surface area contributed by atoms with Gasteiger partial charge in [-0.25, -0.2) is 4.79 Å². The van der Waals surface area contributed by atoms with Gasteiger partial charge in [0.2, 0.25) is 0 Å². The predicted octanol–water partition coefficient (Wildman–Crippen LogP) is 6.49. The molecular weight excluding hydrogens is 604 g/mol. The number of hydrogen-bond donors (Lipinski definition) is 4. The number of rotatable bonds is 9. The zero-order chi connectivity index (χ0) is 34.9. The van der Waals surface area contributed by atoms with Crippen molar-refractivity contribution in [3.8, 4) is 23.0 Å². The molecule has 0 radical (unpaired) electrons. The fraction of sp³-hybridized carbons (Fsp3) is 0.270. The number of ketones is 4. The number of fused-ring (bicyclic) bond motifs is 2. The zero-order valence-electron chi connectivity index (χ0n) is 26.9. The highest BCUT2D eigenvalue weighted by Gasteiger charge is 2.40. The van der Waals surface area contributed by atoms with Gasteiger partial charge in [-0.2, -0.15) is 0 Å². The molecular formula is C37H36O10. The number of carbonyl (C=O) groups is 5. The van der Waals surface area contributed by atoms with Gasteiger partial charge in [-0.15, -0.1) is 0 Å². The van der Waals surface area contributed by atoms with E-state index in [1.807, 2.05) is 0 Å². The molecule has 0 spiro atoms. The van der Waals surface area contributed by atoms with E-state index in [2.05, 4.69) is 0 Å². The average Bonchev–Trinajstić information content (AvgIpc) is 2.97. The first-order chi connectivity index (χ1) is 22.0. The summed E-state index contributed by atoms with van der Waals surface area (Å²) >= 11 is 0. The van der Waals surface area contributed by atoms with Crippen LogP contribution in [0.4, 0.5) is 0 Å². The third kappa shape index (κ3) is 6.86. The second kappa shape index (κ2) is 13.5. The third-order valence-electron chi connectivity index (χ3n) is 7.78. The Labute approximate surface area is 271 Å². The predicted molar refractivity (Wildman–Crippen MR) is 173 cm³/mol. The normalized spacial score (nSPS) is 15.0. The van der Waals surface area contributed by atoms with Gasteiger partial charge < -0.3 is 25.2 Å². The molecule has 2 aromatic carbocycles. The van der Waals surface area contributed by atoms with Crippen LogP contribution >= 0.6 is 0 Å². The van der Waals surface area contributed by atoms with E-state index in [1.54, 1.807) is 53.7 Å². The smallest absolute Gasteiger partial charge is 0.331 e. The number of Topliss-reactive ketones (excluding diaryl/α,β-unsaturated/α-hetero) is 2. The number of ether oxygens (including phenoxy) is 1. The summed E-state index contributed by atoms with van der Waals surface area (Å²) in [6, 6.07) is 3.22. The Morgan fingerprint density at radius 1 is 0.681 bits per heavy atom. The van der Waals surface area contributed by atoms with Crippen LogP contribution in [0, 0.1) is 0 Å². The van der Waals surface area contributed by atoms with Crippen LogP contribution in [0.15, 0.2) is 76.4 Å². The van der Waals surface area contributed by atoms with Gasteiger partial charge in [-0.05, 0) is 78.3 Å². The van der Waals surface area contributed by atoms with Gasteiger partial charge >= 0.3 is 5.97 Å². The minimum absolute atomic E-state index is 0.00221. The van der Waals surface area contributed by atoms with Gasteiger partial charge in [0.1, 0.15) is 29.1 Å². The summed E-state index contributed by atoms with van der Waals surface area (Å²) in [4.78, 5) is 67.0. The molecule has 2 aromatic rings. The molecule has 4 N–H and O–H groups in total. The molecule has 2 atom stereocenters. The van der Waals surface area contributed by atoms with E-state index in [0.29, 0.717) is 5.57 Å². The van der Waals surface area contributed by atoms with Crippen LogP contribution in [-0.4, -0.2) is 55.6 Å². The van der Waals surface area contributed by atoms with Crippen LogP contribution in [0.25, 0.3) is 0 Å². The molecule has 0 saturated heterocycles. The highest BCUT2D eigenvalue weighted by atomic mass is 16.5. The first-order valence-corrected chi connectivity index (χ1v) is 14.9. The largest absolute Gasteiger partial charge is 0.507 e. The summed E-state index contributed by atoms with van der Waals surface area (Å²) < 4.78 is 5.58. The fourth-order valence-electron chi connectivity index (χ4n) is 5.59. The van der Waals surface area contributed by atoms with E-state index in [1.165, 1.54) is 6.08 Å². The van der Waals surface area contributed by atoms with E-state index >= 15 is 0 Å². The molecule has 2 aliphatic carbocycles. The molecule has 0 fully saturated rings. The summed E-state index contributed by atoms with van der Waals surface area (Å²) in [5.74, 6) is -7.57. The van der Waals surface area contributed by atoms with Gasteiger partial charge in [-0.3, -0.25) is 19.2 Å². The minimum atomic E-state index is -1.21. The monoisotopic (exact) mass is 640 g/mol. The zero-order valence-corrected chi connectivity index (χ0v) is 26.9. The number of carbonyl (C=O) groups excluding carboxylic acids is 5. The molecule has 10 heteroatoms. The van der Waals surface area contributed by atoms with Crippen LogP contribution in [-0.2, 0) is 9.53 Å². The van der Waals surface area contributed by atoms with E-state index in [4.69, 9.17) is 4.74 Å². The van der Waals surface area contributed by atoms with Gasteiger partial charge in [0.25, 0.3) is 0 Å². The van der Waals surface area contributed by atoms with Crippen molar-refractivity contribution in [1.82, 2.24) is 0 Å². The lowest BCUT2D eigenvalue weighted by Gasteiger charge is -2.27. The van der Waals surface area contributed by atoms with Crippen LogP contribution in [0.3, 0.4) is 0 Å². The number of aromatic hydroxyl groups is 4. The molecule has 10 nitrogen and oxygen atoms in total. The van der Waals surface area contributed by atoms with Gasteiger partial charge in [0, 0.05) is 35.1 Å². The lowest BCUT2D eigenvalue weighted by Crippen LogP contribution is -2.29. The molecule has 0 bridgehead atoms. The highest BCUT2D eigenvalue weighted by Crippen LogP contribution is 2.47. The average molecular weight is 641 g/mol. The van der Waals surface area contributed by atoms with Gasteiger partial charge in [0.05, 0.1) is 22.3 Å². The van der Waals surface area contributed by atoms with Crippen molar-refractivity contribution in [3.05, 3.63) is 104 Å². The number of phenols is 4. The van der Waals surface area contributed by atoms with Crippen molar-refractivity contribution in [1.29, 1.82) is 0 Å². The molecule has 0 saturated carbocycles. The summed E-state index contributed by atoms with van der Waals surface area (Å²) in [5.41, 5.74) is -0.0401. The van der Waals surface area contributed by atoms with E-state index in [9.17, 15) is 44.4 Å². The Balaban J connectivity index is 1.90. The molecule has 0 amide bonds. The summed E-state index contributed by atoms with van der Waals surface area (Å²) in [6.07, 6.45) is 5.47. The molecule has 47 heavy (non-hydrogen) atoms. The lowest BCUT2D eigenvalue weighted by molar-refractivity contribution is -0.141. The van der Waals surface area contributed by atoms with E-state index in [-0.39, 0.29) is 35.1 Å². The topological polar surface area (TPSA) is 176 Å². The standard InChI is InChI=1S/C37H36O10/c1-17(2)7-9-20(21-14-26(40)31-24(38)10-11-25(39)33(31)35(21)44)22-15-27(41)32-28(42)16-23(37(46)34(32)36(22)45)29(12-8-18(3)4)47-30(43)13-19(5)6/h7-8,10-11,13-16,20,29,38-39,41,45H,9,12H2,1-6H3/t20-,29+/m1/s1. The Hall–Kier alpha value is -5.51. The Kier molecular flexibility index (Phi) is 9.84. The maximum absolute atomic E-state index is 14.1. The maximum atomic E-state index is 14.1. The van der Waals surface area contributed by atoms with Crippen LogP contribution in [0.5, 0.6) is 23.0 Å². The summed E-state index contributed by atoms with van der Waals surface area (Å²) in [7, 11) is 0. The van der Waals surface area contributed by atoms with Crippen molar-refractivity contribution < 1.29 is 49.1 Å². The second-order valence-corrected chi connectivity index (χ2v) is 12.3. The Bertz CT molecular complexity index is 1890. The SMILES string of the molecule is CC(C)=CC[C@H](OC(=O)C=C(C)C)C1=CC(=O)c2c(O)cc([C@H](CC=C(C)C)C3=CC(=O)c4c(O)ccc(O)c4C3=O)c(O)c2C1=O. The van der Waals surface area contributed by atoms with E-state index < -0.39 is 80.8 Å². The number of benzene rings is 2. The van der Waals surface area contributed by atoms with Crippen molar-refractivity contribution in [3.63, 3.8) is 0 Å². The molecule has 0 unspecified atom stereocenters. The second-order valence-electron chi connectivity index (χ2n) is 12.3. The first kappa shape index (κ1) is 34.4. The van der Waals surface area contributed by atoms with Crippen molar-refractivity contribution in [2.24, 2.45) is 0 Å². The molecule has 0 heterocycles. The molecule has 0 aliphatic heterocycles. The van der Waals surface area contributed by atoms with Crippen LogP contribution in [0.1, 0.15) is 107 Å². The maximum Gasteiger partial charge on any atom is 0.331 e. The van der Waals surface area contributed by atoms with Crippen molar-refractivity contribution in [2.75, 3.05) is 0 Å². The van der Waals surface area contributed by atoms with Crippen LogP contribution in [0.2, 0.25) is 0 Å². The number of allylic oxidation sites excluding steroid dienone is 7. The third-order valence-corrected chi connectivity index (χ3v) is 7.78. The fourth-order valence-corrected chi connectivity index (χ4v) is 5.59. The minimum Gasteiger partial charge on any atom is -0.507 e. The van der Waals surface area contributed by atoms with Crippen LogP contribution < -0.4 is 0 Å². The highest BCUT2D eigenvalue weighted by molar-refractivity contribution is 6.28. The van der Waals surface area contributed by atoms with Gasteiger partial charge in [-0.1, -0.05) is 28.9 Å². The molecule has 2 aliphatic rings. The summed E-state index contributed by atoms with van der Waals surface area (Å²) in [6.45, 7) is 10.6. The van der Waals surface area contributed by atoms with E-state index in [0.717, 1.165) is 41.5 Å². The first-order valence-electron chi connectivity index (χ1n) is 14.9. The van der Waals surface area contributed by atoms with Gasteiger partial charge in [0.15, 0.2) is 23.1 Å². The number of phenolic OH excluding ortho intramolecular Hbond substituents is 4. The Morgan fingerprint density at radius 2 is 1.19 bits per heavy atom. The number of esters is 1. The lowest BCUT2D eigenvalue weighted by atomic mass is 9.76. The quantitative estimate of drug-likeness (QED) is 0.103. The van der Waals surface area contributed by atoms with Crippen molar-refractivity contribution >= 4 is 29.1 Å².